The zero-order valence-electron chi connectivity index (χ0n) is 22.5. The van der Waals surface area contributed by atoms with E-state index in [9.17, 15) is 18.3 Å². The van der Waals surface area contributed by atoms with Crippen molar-refractivity contribution in [1.29, 1.82) is 0 Å². The normalized spacial score (nSPS) is 22.9. The molecular weight excluding hydrogens is 502 g/mol. The third-order valence-electron chi connectivity index (χ3n) is 7.80. The van der Waals surface area contributed by atoms with Crippen LogP contribution in [0.3, 0.4) is 0 Å². The highest BCUT2D eigenvalue weighted by atomic mass is 32.2. The summed E-state index contributed by atoms with van der Waals surface area (Å²) in [4.78, 5) is 20.7. The molecule has 3 aliphatic rings. The van der Waals surface area contributed by atoms with Gasteiger partial charge in [0, 0.05) is 30.4 Å². The number of anilines is 3. The second kappa shape index (κ2) is 10.1. The summed E-state index contributed by atoms with van der Waals surface area (Å²) in [6.07, 6.45) is 6.84. The molecule has 10 heteroatoms. The van der Waals surface area contributed by atoms with Crippen LogP contribution < -0.4 is 20.3 Å². The van der Waals surface area contributed by atoms with E-state index in [0.717, 1.165) is 38.8 Å². The number of piperidine rings is 1. The van der Waals surface area contributed by atoms with Crippen molar-refractivity contribution in [2.75, 3.05) is 28.6 Å². The Morgan fingerprint density at radius 1 is 1.08 bits per heavy atom. The largest absolute Gasteiger partial charge is 0.393 e. The highest BCUT2D eigenvalue weighted by Crippen LogP contribution is 2.54. The van der Waals surface area contributed by atoms with Crippen LogP contribution in [0.1, 0.15) is 76.1 Å². The molecule has 38 heavy (non-hydrogen) atoms. The van der Waals surface area contributed by atoms with Crippen LogP contribution in [0.15, 0.2) is 41.3 Å². The van der Waals surface area contributed by atoms with Crippen LogP contribution in [0.25, 0.3) is 0 Å². The van der Waals surface area contributed by atoms with E-state index in [4.69, 9.17) is 4.98 Å². The second-order valence-electron chi connectivity index (χ2n) is 12.2. The van der Waals surface area contributed by atoms with E-state index < -0.39 is 15.6 Å². The van der Waals surface area contributed by atoms with Gasteiger partial charge >= 0.3 is 0 Å². The Hall–Kier alpha value is -2.69. The first-order valence-electron chi connectivity index (χ1n) is 13.6. The van der Waals surface area contributed by atoms with Crippen molar-refractivity contribution in [2.24, 2.45) is 5.41 Å². The van der Waals surface area contributed by atoms with Crippen LogP contribution in [0.5, 0.6) is 0 Å². The molecule has 2 aromatic rings. The highest BCUT2D eigenvalue weighted by molar-refractivity contribution is 7.89. The maximum absolute atomic E-state index is 13.5. The van der Waals surface area contributed by atoms with Crippen LogP contribution in [0.2, 0.25) is 0 Å². The minimum Gasteiger partial charge on any atom is -0.393 e. The first-order valence-corrected chi connectivity index (χ1v) is 15.1. The summed E-state index contributed by atoms with van der Waals surface area (Å²) in [5.41, 5.74) is 0.714. The van der Waals surface area contributed by atoms with Crippen LogP contribution in [0.4, 0.5) is 17.3 Å². The predicted molar refractivity (Wildman–Crippen MR) is 149 cm³/mol. The van der Waals surface area contributed by atoms with E-state index in [0.29, 0.717) is 34.7 Å². The van der Waals surface area contributed by atoms with Gasteiger partial charge in [-0.3, -0.25) is 4.79 Å². The summed E-state index contributed by atoms with van der Waals surface area (Å²) >= 11 is 0. The molecule has 2 atom stereocenters. The van der Waals surface area contributed by atoms with Crippen molar-refractivity contribution in [3.05, 3.63) is 42.0 Å². The summed E-state index contributed by atoms with van der Waals surface area (Å²) in [5, 5.41) is 16.2. The summed E-state index contributed by atoms with van der Waals surface area (Å²) < 4.78 is 28.3. The van der Waals surface area contributed by atoms with Gasteiger partial charge in [0.1, 0.15) is 11.6 Å². The number of carbonyl (C=O) groups excluding carboxylic acids is 1. The van der Waals surface area contributed by atoms with Gasteiger partial charge in [0.2, 0.25) is 10.0 Å². The fraction of sp³-hybridized carbons (Fsp3) is 0.571. The van der Waals surface area contributed by atoms with Crippen molar-refractivity contribution in [3.8, 4) is 0 Å². The molecule has 4 N–H and O–H groups in total. The van der Waals surface area contributed by atoms with E-state index in [-0.39, 0.29) is 22.9 Å². The number of nitrogens with zero attached hydrogens (tertiary/aromatic N) is 2. The molecular formula is C28H39N5O4S. The fourth-order valence-corrected chi connectivity index (χ4v) is 6.98. The second-order valence-corrected chi connectivity index (χ2v) is 13.9. The van der Waals surface area contributed by atoms with Crippen LogP contribution in [-0.4, -0.2) is 55.2 Å². The minimum atomic E-state index is -3.74. The van der Waals surface area contributed by atoms with E-state index >= 15 is 0 Å². The molecule has 1 aliphatic heterocycles. The lowest BCUT2D eigenvalue weighted by molar-refractivity contribution is 0.102. The van der Waals surface area contributed by atoms with Gasteiger partial charge in [-0.2, -0.15) is 0 Å². The number of benzene rings is 1. The van der Waals surface area contributed by atoms with E-state index in [1.54, 1.807) is 39.0 Å². The molecule has 9 nitrogen and oxygen atoms in total. The molecule has 0 radical (unpaired) electrons. The number of aromatic nitrogens is 1. The standard InChI is InChI=1S/C28H39N5O4S/c1-27(2,3)32-38(36,37)22-6-4-5-19(18-22)30-26(35)23-9-10-24(29-20-7-8-21(34)17-20)31-25(23)33-15-13-28(11-12-28)14-16-33/h4-6,9-10,18,20-21,32,34H,7-8,11-17H2,1-3H3,(H,29,31)(H,30,35)/t20-,21-/m0/s1. The van der Waals surface area contributed by atoms with Gasteiger partial charge in [0.25, 0.3) is 5.91 Å². The third-order valence-corrected chi connectivity index (χ3v) is 9.56. The number of hydrogen-bond donors (Lipinski definition) is 4. The summed E-state index contributed by atoms with van der Waals surface area (Å²) in [6.45, 7) is 7.05. The van der Waals surface area contributed by atoms with E-state index in [1.807, 2.05) is 6.07 Å². The van der Waals surface area contributed by atoms with Gasteiger partial charge in [0.05, 0.1) is 16.6 Å². The number of pyridine rings is 1. The number of aliphatic hydroxyl groups is 1. The van der Waals surface area contributed by atoms with Crippen LogP contribution in [-0.2, 0) is 10.0 Å². The average molecular weight is 542 g/mol. The summed E-state index contributed by atoms with van der Waals surface area (Å²) in [6, 6.07) is 10.0. The molecule has 2 saturated carbocycles. The number of hydrogen-bond acceptors (Lipinski definition) is 7. The first kappa shape index (κ1) is 26.9. The topological polar surface area (TPSA) is 124 Å². The van der Waals surface area contributed by atoms with Gasteiger partial charge < -0.3 is 20.6 Å². The van der Waals surface area contributed by atoms with E-state index in [1.165, 1.54) is 25.0 Å². The van der Waals surface area contributed by atoms with Crippen LogP contribution in [0, 0.1) is 5.41 Å². The Balaban J connectivity index is 1.38. The molecule has 0 bridgehead atoms. The van der Waals surface area contributed by atoms with Crippen molar-refractivity contribution in [3.63, 3.8) is 0 Å². The Kier molecular flexibility index (Phi) is 7.17. The van der Waals surface area contributed by atoms with Crippen molar-refractivity contribution >= 4 is 33.3 Å². The third kappa shape index (κ3) is 6.30. The first-order chi connectivity index (χ1) is 17.9. The number of sulfonamides is 1. The number of rotatable bonds is 7. The number of carbonyl (C=O) groups is 1. The van der Waals surface area contributed by atoms with Gasteiger partial charge in [-0.05, 0) is 101 Å². The number of aliphatic hydroxyl groups excluding tert-OH is 1. The Labute approximate surface area is 225 Å². The van der Waals surface area contributed by atoms with Gasteiger partial charge in [-0.15, -0.1) is 0 Å². The fourth-order valence-electron chi connectivity index (χ4n) is 5.52. The molecule has 1 spiro atoms. The number of nitrogens with one attached hydrogen (secondary N) is 3. The van der Waals surface area contributed by atoms with Gasteiger partial charge in [-0.1, -0.05) is 6.07 Å². The maximum atomic E-state index is 13.5. The van der Waals surface area contributed by atoms with Crippen LogP contribution >= 0.6 is 0 Å². The SMILES string of the molecule is CC(C)(C)NS(=O)(=O)c1cccc(NC(=O)c2ccc(N[C@H]3CC[C@H](O)C3)nc2N2CCC3(CC2)CC3)c1. The summed E-state index contributed by atoms with van der Waals surface area (Å²) in [5.74, 6) is 1.00. The molecule has 1 amide bonds. The average Bonchev–Trinajstić information content (AvgIpc) is 3.47. The number of amides is 1. The molecule has 3 fully saturated rings. The molecule has 1 aromatic carbocycles. The van der Waals surface area contributed by atoms with Crippen molar-refractivity contribution < 1.29 is 18.3 Å². The molecule has 206 valence electrons. The molecule has 5 rings (SSSR count). The van der Waals surface area contributed by atoms with Gasteiger partial charge in [-0.25, -0.2) is 18.1 Å². The van der Waals surface area contributed by atoms with Crippen molar-refractivity contribution in [1.82, 2.24) is 9.71 Å². The lowest BCUT2D eigenvalue weighted by Gasteiger charge is -2.34. The lowest BCUT2D eigenvalue weighted by atomic mass is 9.93. The zero-order chi connectivity index (χ0) is 27.1. The molecule has 1 aromatic heterocycles. The maximum Gasteiger partial charge on any atom is 0.259 e. The predicted octanol–water partition coefficient (Wildman–Crippen LogP) is 4.12. The minimum absolute atomic E-state index is 0.0904. The molecule has 2 heterocycles. The van der Waals surface area contributed by atoms with Crippen molar-refractivity contribution in [2.45, 2.75) is 88.3 Å². The Morgan fingerprint density at radius 2 is 1.82 bits per heavy atom. The lowest BCUT2D eigenvalue weighted by Crippen LogP contribution is -2.40. The Bertz CT molecular complexity index is 1290. The zero-order valence-corrected chi connectivity index (χ0v) is 23.3. The highest BCUT2D eigenvalue weighted by Gasteiger charge is 2.45. The van der Waals surface area contributed by atoms with E-state index in [2.05, 4.69) is 20.3 Å². The molecule has 1 saturated heterocycles. The monoisotopic (exact) mass is 541 g/mol. The smallest absolute Gasteiger partial charge is 0.259 e. The quantitative estimate of drug-likeness (QED) is 0.416. The summed E-state index contributed by atoms with van der Waals surface area (Å²) in [7, 11) is -3.74. The molecule has 0 unspecified atom stereocenters. The Morgan fingerprint density at radius 3 is 2.45 bits per heavy atom. The van der Waals surface area contributed by atoms with Gasteiger partial charge in [0.15, 0.2) is 0 Å². The molecule has 2 aliphatic carbocycles.